The maximum atomic E-state index is 13.0. The van der Waals surface area contributed by atoms with Gasteiger partial charge in [0, 0.05) is 0 Å². The Labute approximate surface area is 133 Å². The number of nitrogens with zero attached hydrogens (tertiary/aromatic N) is 2. The third-order valence-electron chi connectivity index (χ3n) is 3.37. The lowest BCUT2D eigenvalue weighted by Crippen LogP contribution is -2.36. The zero-order valence-corrected chi connectivity index (χ0v) is 12.8. The molecule has 0 radical (unpaired) electrons. The molecule has 6 heteroatoms. The number of hydrogen-bond acceptors (Lipinski definition) is 3. The lowest BCUT2D eigenvalue weighted by atomic mass is 10.1. The maximum absolute atomic E-state index is 13.0. The van der Waals surface area contributed by atoms with Crippen molar-refractivity contribution in [1.29, 1.82) is 0 Å². The average molecular weight is 313 g/mol. The van der Waals surface area contributed by atoms with Gasteiger partial charge in [-0.25, -0.2) is 9.07 Å². The van der Waals surface area contributed by atoms with E-state index in [0.717, 1.165) is 0 Å². The number of benzene rings is 1. The molecule has 0 unspecified atom stereocenters. The quantitative estimate of drug-likeness (QED) is 0.873. The van der Waals surface area contributed by atoms with Crippen LogP contribution in [0.3, 0.4) is 0 Å². The van der Waals surface area contributed by atoms with Crippen LogP contribution in [0.4, 0.5) is 4.39 Å². The maximum Gasteiger partial charge on any atom is 0.280 e. The van der Waals surface area contributed by atoms with E-state index in [1.165, 1.54) is 22.9 Å². The van der Waals surface area contributed by atoms with Gasteiger partial charge in [0.1, 0.15) is 11.4 Å². The first-order chi connectivity index (χ1) is 10.9. The minimum atomic E-state index is -0.543. The van der Waals surface area contributed by atoms with Crippen molar-refractivity contribution in [2.45, 2.75) is 19.9 Å². The fraction of sp³-hybridized carbons (Fsp3) is 0.235. The highest BCUT2D eigenvalue weighted by Gasteiger charge is 2.18. The van der Waals surface area contributed by atoms with Crippen molar-refractivity contribution in [3.8, 4) is 12.3 Å². The van der Waals surface area contributed by atoms with Crippen LogP contribution in [0.25, 0.3) is 0 Å². The van der Waals surface area contributed by atoms with E-state index in [4.69, 9.17) is 6.42 Å². The zero-order chi connectivity index (χ0) is 17.0. The molecule has 2 rings (SSSR count). The predicted molar refractivity (Wildman–Crippen MR) is 84.6 cm³/mol. The SMILES string of the molecule is C#CCNC(=O)c1cc(C)nn([C@H](C)c2ccc(F)cc2)c1=O. The smallest absolute Gasteiger partial charge is 0.280 e. The second-order valence-electron chi connectivity index (χ2n) is 5.06. The molecule has 1 atom stereocenters. The molecule has 1 amide bonds. The van der Waals surface area contributed by atoms with E-state index in [0.29, 0.717) is 11.3 Å². The van der Waals surface area contributed by atoms with Crippen LogP contribution in [0.2, 0.25) is 0 Å². The standard InChI is InChI=1S/C17H16FN3O2/c1-4-9-19-16(22)15-10-11(2)20-21(17(15)23)12(3)13-5-7-14(18)8-6-13/h1,5-8,10,12H,9H2,2-3H3,(H,19,22)/t12-/m1/s1. The Morgan fingerprint density at radius 1 is 1.43 bits per heavy atom. The molecule has 0 aliphatic carbocycles. The van der Waals surface area contributed by atoms with E-state index >= 15 is 0 Å². The largest absolute Gasteiger partial charge is 0.341 e. The van der Waals surface area contributed by atoms with Gasteiger partial charge in [0.25, 0.3) is 11.5 Å². The molecule has 118 valence electrons. The summed E-state index contributed by atoms with van der Waals surface area (Å²) >= 11 is 0. The molecule has 0 aliphatic heterocycles. The van der Waals surface area contributed by atoms with E-state index in [9.17, 15) is 14.0 Å². The summed E-state index contributed by atoms with van der Waals surface area (Å²) in [4.78, 5) is 24.6. The molecule has 2 aromatic rings. The summed E-state index contributed by atoms with van der Waals surface area (Å²) in [7, 11) is 0. The molecule has 1 aromatic heterocycles. The summed E-state index contributed by atoms with van der Waals surface area (Å²) in [6, 6.07) is 6.76. The van der Waals surface area contributed by atoms with Crippen molar-refractivity contribution in [1.82, 2.24) is 15.1 Å². The number of hydrogen-bond donors (Lipinski definition) is 1. The molecule has 23 heavy (non-hydrogen) atoms. The Hall–Kier alpha value is -2.94. The Morgan fingerprint density at radius 3 is 2.70 bits per heavy atom. The van der Waals surface area contributed by atoms with Crippen LogP contribution in [-0.4, -0.2) is 22.2 Å². The molecule has 1 N–H and O–H groups in total. The lowest BCUT2D eigenvalue weighted by Gasteiger charge is -2.16. The molecule has 0 saturated carbocycles. The van der Waals surface area contributed by atoms with Crippen LogP contribution in [0, 0.1) is 25.1 Å². The fourth-order valence-electron chi connectivity index (χ4n) is 2.17. The van der Waals surface area contributed by atoms with Gasteiger partial charge in [-0.15, -0.1) is 6.42 Å². The van der Waals surface area contributed by atoms with E-state index < -0.39 is 17.5 Å². The monoisotopic (exact) mass is 313 g/mol. The predicted octanol–water partition coefficient (Wildman–Crippen LogP) is 1.66. The summed E-state index contributed by atoms with van der Waals surface area (Å²) in [5.41, 5.74) is 0.676. The third-order valence-corrected chi connectivity index (χ3v) is 3.37. The van der Waals surface area contributed by atoms with Gasteiger partial charge in [0.15, 0.2) is 0 Å². The second kappa shape index (κ2) is 6.88. The van der Waals surface area contributed by atoms with Gasteiger partial charge in [0.2, 0.25) is 0 Å². The number of aryl methyl sites for hydroxylation is 1. The molecular formula is C17H16FN3O2. The summed E-state index contributed by atoms with van der Waals surface area (Å²) in [5, 5.41) is 6.65. The van der Waals surface area contributed by atoms with E-state index in [1.54, 1.807) is 26.0 Å². The molecule has 0 fully saturated rings. The Bertz CT molecular complexity index is 819. The van der Waals surface area contributed by atoms with Gasteiger partial charge < -0.3 is 5.32 Å². The first-order valence-electron chi connectivity index (χ1n) is 7.01. The van der Waals surface area contributed by atoms with E-state index in [1.807, 2.05) is 0 Å². The van der Waals surface area contributed by atoms with Gasteiger partial charge in [-0.2, -0.15) is 5.10 Å². The van der Waals surface area contributed by atoms with Gasteiger partial charge in [0.05, 0.1) is 18.3 Å². The van der Waals surface area contributed by atoms with Crippen molar-refractivity contribution in [3.05, 3.63) is 63.3 Å². The molecular weight excluding hydrogens is 297 g/mol. The van der Waals surface area contributed by atoms with Crippen molar-refractivity contribution in [2.75, 3.05) is 6.54 Å². The molecule has 0 saturated heterocycles. The van der Waals surface area contributed by atoms with Crippen LogP contribution < -0.4 is 10.9 Å². The number of carbonyl (C=O) groups excluding carboxylic acids is 1. The molecule has 0 bridgehead atoms. The zero-order valence-electron chi connectivity index (χ0n) is 12.8. The normalized spacial score (nSPS) is 11.6. The van der Waals surface area contributed by atoms with Gasteiger partial charge >= 0.3 is 0 Å². The number of rotatable bonds is 4. The third kappa shape index (κ3) is 3.64. The van der Waals surface area contributed by atoms with Gasteiger partial charge in [-0.3, -0.25) is 9.59 Å². The van der Waals surface area contributed by atoms with Crippen LogP contribution >= 0.6 is 0 Å². The van der Waals surface area contributed by atoms with Crippen LogP contribution in [0.5, 0.6) is 0 Å². The van der Waals surface area contributed by atoms with Gasteiger partial charge in [-0.1, -0.05) is 18.1 Å². The Kier molecular flexibility index (Phi) is 4.91. The first kappa shape index (κ1) is 16.4. The number of halogens is 1. The van der Waals surface area contributed by atoms with Crippen molar-refractivity contribution >= 4 is 5.91 Å². The lowest BCUT2D eigenvalue weighted by molar-refractivity contribution is 0.0956. The number of nitrogens with one attached hydrogen (secondary N) is 1. The topological polar surface area (TPSA) is 64.0 Å². The number of terminal acetylenes is 1. The van der Waals surface area contributed by atoms with E-state index in [2.05, 4.69) is 16.3 Å². The van der Waals surface area contributed by atoms with Crippen molar-refractivity contribution < 1.29 is 9.18 Å². The van der Waals surface area contributed by atoms with E-state index in [-0.39, 0.29) is 17.9 Å². The minimum Gasteiger partial charge on any atom is -0.341 e. The number of amides is 1. The average Bonchev–Trinajstić information content (AvgIpc) is 2.54. The number of carbonyl (C=O) groups is 1. The molecule has 5 nitrogen and oxygen atoms in total. The molecule has 0 aliphatic rings. The van der Waals surface area contributed by atoms with Gasteiger partial charge in [-0.05, 0) is 37.6 Å². The first-order valence-corrected chi connectivity index (χ1v) is 7.01. The van der Waals surface area contributed by atoms with Crippen LogP contribution in [-0.2, 0) is 0 Å². The second-order valence-corrected chi connectivity index (χ2v) is 5.06. The highest BCUT2D eigenvalue weighted by Crippen LogP contribution is 2.16. The van der Waals surface area contributed by atoms with Crippen molar-refractivity contribution in [3.63, 3.8) is 0 Å². The van der Waals surface area contributed by atoms with Crippen molar-refractivity contribution in [2.24, 2.45) is 0 Å². The summed E-state index contributed by atoms with van der Waals surface area (Å²) in [5.74, 6) is 1.37. The highest BCUT2D eigenvalue weighted by atomic mass is 19.1. The minimum absolute atomic E-state index is 0.0262. The summed E-state index contributed by atoms with van der Waals surface area (Å²) in [6.07, 6.45) is 5.10. The fourth-order valence-corrected chi connectivity index (χ4v) is 2.17. The summed E-state index contributed by atoms with van der Waals surface area (Å²) in [6.45, 7) is 3.47. The molecule has 1 aromatic carbocycles. The number of aromatic nitrogens is 2. The highest BCUT2D eigenvalue weighted by molar-refractivity contribution is 5.94. The molecule has 0 spiro atoms. The summed E-state index contributed by atoms with van der Waals surface area (Å²) < 4.78 is 14.2. The Balaban J connectivity index is 2.45. The van der Waals surface area contributed by atoms with Crippen LogP contribution in [0.15, 0.2) is 35.1 Å². The Morgan fingerprint density at radius 2 is 2.09 bits per heavy atom. The molecule has 1 heterocycles. The van der Waals surface area contributed by atoms with Crippen LogP contribution in [0.1, 0.15) is 34.6 Å².